The summed E-state index contributed by atoms with van der Waals surface area (Å²) in [7, 11) is 1.58. The summed E-state index contributed by atoms with van der Waals surface area (Å²) in [6.45, 7) is 2.07. The van der Waals surface area contributed by atoms with Crippen LogP contribution in [0.4, 0.5) is 11.6 Å². The zero-order valence-corrected chi connectivity index (χ0v) is 18.9. The molecule has 1 amide bonds. The number of carbonyl (C=O) groups excluding carboxylic acids is 1. The van der Waals surface area contributed by atoms with Crippen molar-refractivity contribution in [2.45, 2.75) is 13.0 Å². The van der Waals surface area contributed by atoms with Crippen LogP contribution < -0.4 is 15.0 Å². The van der Waals surface area contributed by atoms with Crippen LogP contribution >= 0.6 is 0 Å². The number of nitrogens with zero attached hydrogens (tertiary/aromatic N) is 5. The van der Waals surface area contributed by atoms with Crippen molar-refractivity contribution in [2.24, 2.45) is 0 Å². The summed E-state index contributed by atoms with van der Waals surface area (Å²) >= 11 is 0. The van der Waals surface area contributed by atoms with Gasteiger partial charge >= 0.3 is 0 Å². The topological polar surface area (TPSA) is 85.2 Å². The molecule has 8 heteroatoms. The molecule has 8 nitrogen and oxygen atoms in total. The van der Waals surface area contributed by atoms with Crippen LogP contribution in [-0.4, -0.2) is 39.8 Å². The third-order valence-corrected chi connectivity index (χ3v) is 5.76. The van der Waals surface area contributed by atoms with Crippen molar-refractivity contribution >= 4 is 23.2 Å². The van der Waals surface area contributed by atoms with Crippen molar-refractivity contribution in [2.75, 3.05) is 23.9 Å². The summed E-state index contributed by atoms with van der Waals surface area (Å²) in [5.74, 6) is 0.884. The largest absolute Gasteiger partial charge is 0.495 e. The van der Waals surface area contributed by atoms with Gasteiger partial charge in [-0.1, -0.05) is 77.4 Å². The van der Waals surface area contributed by atoms with E-state index < -0.39 is 0 Å². The van der Waals surface area contributed by atoms with E-state index in [1.54, 1.807) is 23.9 Å². The van der Waals surface area contributed by atoms with Gasteiger partial charge in [-0.2, -0.15) is 4.68 Å². The standard InChI is InChI=1S/C26H24N6O2/c1-18-12-14-20(15-13-18)22-16-23(19-8-4-3-5-9-19)32-26(28-29-30-32)31(22)17-25(33)27-21-10-6-7-11-24(21)34-2/h3-16,23H,17H2,1-2H3,(H,27,33)/t23-/m0/s1. The minimum Gasteiger partial charge on any atom is -0.495 e. The fraction of sp³-hybridized carbons (Fsp3) is 0.154. The first-order chi connectivity index (χ1) is 16.6. The Morgan fingerprint density at radius 2 is 1.74 bits per heavy atom. The van der Waals surface area contributed by atoms with Crippen LogP contribution in [0.1, 0.15) is 22.7 Å². The van der Waals surface area contributed by atoms with Crippen molar-refractivity contribution < 1.29 is 9.53 Å². The van der Waals surface area contributed by atoms with E-state index in [0.29, 0.717) is 17.4 Å². The van der Waals surface area contributed by atoms with Gasteiger partial charge in [0.05, 0.1) is 18.5 Å². The van der Waals surface area contributed by atoms with Gasteiger partial charge in [-0.3, -0.25) is 9.69 Å². The van der Waals surface area contributed by atoms with Gasteiger partial charge in [0.15, 0.2) is 0 Å². The van der Waals surface area contributed by atoms with Crippen molar-refractivity contribution in [3.63, 3.8) is 0 Å². The number of nitrogens with one attached hydrogen (secondary N) is 1. The summed E-state index contributed by atoms with van der Waals surface area (Å²) in [6.07, 6.45) is 2.10. The number of para-hydroxylation sites is 2. The molecule has 5 rings (SSSR count). The zero-order chi connectivity index (χ0) is 23.5. The molecular formula is C26H24N6O2. The van der Waals surface area contributed by atoms with Crippen LogP contribution in [0.15, 0.2) is 84.9 Å². The SMILES string of the molecule is COc1ccccc1NC(=O)CN1C(c2ccc(C)cc2)=C[C@@H](c2ccccc2)n2nnnc21. The Hall–Kier alpha value is -4.46. The molecule has 3 aromatic carbocycles. The molecule has 170 valence electrons. The third kappa shape index (κ3) is 4.13. The number of tetrazole rings is 1. The van der Waals surface area contributed by atoms with Crippen LogP contribution in [0.5, 0.6) is 5.75 Å². The highest BCUT2D eigenvalue weighted by Gasteiger charge is 2.32. The Morgan fingerprint density at radius 3 is 2.50 bits per heavy atom. The molecule has 1 aliphatic heterocycles. The number of benzene rings is 3. The predicted octanol–water partition coefficient (Wildman–Crippen LogP) is 4.08. The Labute approximate surface area is 197 Å². The van der Waals surface area contributed by atoms with Crippen molar-refractivity contribution in [1.29, 1.82) is 0 Å². The van der Waals surface area contributed by atoms with Gasteiger partial charge in [-0.25, -0.2) is 0 Å². The van der Waals surface area contributed by atoms with Crippen LogP contribution in [0.25, 0.3) is 5.70 Å². The molecule has 34 heavy (non-hydrogen) atoms. The monoisotopic (exact) mass is 452 g/mol. The lowest BCUT2D eigenvalue weighted by molar-refractivity contribution is -0.114. The number of aromatic nitrogens is 4. The molecule has 0 unspecified atom stereocenters. The first kappa shape index (κ1) is 21.4. The second kappa shape index (κ2) is 9.19. The molecule has 0 spiro atoms. The maximum absolute atomic E-state index is 13.1. The first-order valence-corrected chi connectivity index (χ1v) is 11.0. The van der Waals surface area contributed by atoms with E-state index in [2.05, 4.69) is 39.1 Å². The maximum atomic E-state index is 13.1. The number of amides is 1. The average Bonchev–Trinajstić information content (AvgIpc) is 3.36. The lowest BCUT2D eigenvalue weighted by Crippen LogP contribution is -2.37. The summed E-state index contributed by atoms with van der Waals surface area (Å²) in [4.78, 5) is 15.0. The average molecular weight is 453 g/mol. The molecule has 0 saturated carbocycles. The number of hydrogen-bond acceptors (Lipinski definition) is 6. The quantitative estimate of drug-likeness (QED) is 0.475. The lowest BCUT2D eigenvalue weighted by atomic mass is 10.00. The van der Waals surface area contributed by atoms with Gasteiger partial charge in [0.25, 0.3) is 5.95 Å². The molecule has 0 radical (unpaired) electrons. The van der Waals surface area contributed by atoms with Gasteiger partial charge in [0.2, 0.25) is 5.91 Å². The Balaban J connectivity index is 1.53. The second-order valence-corrected chi connectivity index (χ2v) is 8.03. The Morgan fingerprint density at radius 1 is 1.00 bits per heavy atom. The number of allylic oxidation sites excluding steroid dienone is 1. The highest BCUT2D eigenvalue weighted by atomic mass is 16.5. The van der Waals surface area contributed by atoms with Gasteiger partial charge in [-0.15, -0.1) is 0 Å². The first-order valence-electron chi connectivity index (χ1n) is 11.0. The number of methoxy groups -OCH3 is 1. The Bertz CT molecular complexity index is 1330. The molecule has 0 fully saturated rings. The van der Waals surface area contributed by atoms with E-state index in [0.717, 1.165) is 22.4 Å². The summed E-state index contributed by atoms with van der Waals surface area (Å²) < 4.78 is 7.11. The number of aryl methyl sites for hydroxylation is 1. The van der Waals surface area contributed by atoms with E-state index in [9.17, 15) is 4.79 Å². The molecule has 0 aliphatic carbocycles. The van der Waals surface area contributed by atoms with E-state index >= 15 is 0 Å². The molecule has 0 saturated heterocycles. The fourth-order valence-corrected chi connectivity index (χ4v) is 4.07. The number of carbonyl (C=O) groups is 1. The zero-order valence-electron chi connectivity index (χ0n) is 18.9. The van der Waals surface area contributed by atoms with Crippen LogP contribution in [0.2, 0.25) is 0 Å². The molecule has 1 aliphatic rings. The normalized spacial score (nSPS) is 14.8. The van der Waals surface area contributed by atoms with Gasteiger partial charge in [0, 0.05) is 0 Å². The molecule has 1 aromatic heterocycles. The number of ether oxygens (including phenoxy) is 1. The summed E-state index contributed by atoms with van der Waals surface area (Å²) in [5, 5.41) is 15.4. The van der Waals surface area contributed by atoms with Crippen LogP contribution in [-0.2, 0) is 4.79 Å². The Kier molecular flexibility index (Phi) is 5.78. The van der Waals surface area contributed by atoms with Gasteiger partial charge in [0.1, 0.15) is 18.3 Å². The second-order valence-electron chi connectivity index (χ2n) is 8.03. The van der Waals surface area contributed by atoms with Crippen LogP contribution in [0.3, 0.4) is 0 Å². The van der Waals surface area contributed by atoms with E-state index in [-0.39, 0.29) is 18.5 Å². The molecule has 4 aromatic rings. The number of fused-ring (bicyclic) bond motifs is 1. The van der Waals surface area contributed by atoms with Crippen LogP contribution in [0, 0.1) is 6.92 Å². The van der Waals surface area contributed by atoms with Gasteiger partial charge < -0.3 is 10.1 Å². The lowest BCUT2D eigenvalue weighted by Gasteiger charge is -2.32. The molecule has 1 N–H and O–H groups in total. The van der Waals surface area contributed by atoms with Crippen molar-refractivity contribution in [1.82, 2.24) is 20.2 Å². The van der Waals surface area contributed by atoms with Crippen molar-refractivity contribution in [3.8, 4) is 5.75 Å². The van der Waals surface area contributed by atoms with Crippen molar-refractivity contribution in [3.05, 3.63) is 102 Å². The van der Waals surface area contributed by atoms with Gasteiger partial charge in [-0.05, 0) is 46.7 Å². The minimum absolute atomic E-state index is 0.0274. The maximum Gasteiger partial charge on any atom is 0.251 e. The fourth-order valence-electron chi connectivity index (χ4n) is 4.07. The number of anilines is 2. The van der Waals surface area contributed by atoms with E-state index in [1.165, 1.54) is 0 Å². The summed E-state index contributed by atoms with van der Waals surface area (Å²) in [6, 6.07) is 25.4. The smallest absolute Gasteiger partial charge is 0.251 e. The molecule has 0 bridgehead atoms. The third-order valence-electron chi connectivity index (χ3n) is 5.76. The van der Waals surface area contributed by atoms with E-state index in [1.807, 2.05) is 66.4 Å². The number of rotatable bonds is 6. The van der Waals surface area contributed by atoms with E-state index in [4.69, 9.17) is 4.74 Å². The molecule has 2 heterocycles. The minimum atomic E-state index is -0.213. The number of hydrogen-bond donors (Lipinski definition) is 1. The molecule has 1 atom stereocenters. The summed E-state index contributed by atoms with van der Waals surface area (Å²) in [5.41, 5.74) is 4.66. The highest BCUT2D eigenvalue weighted by Crippen LogP contribution is 2.36. The highest BCUT2D eigenvalue weighted by molar-refractivity contribution is 5.98. The predicted molar refractivity (Wildman–Crippen MR) is 131 cm³/mol. The molecular weight excluding hydrogens is 428 g/mol.